The van der Waals surface area contributed by atoms with Crippen molar-refractivity contribution >= 4 is 0 Å². The maximum Gasteiger partial charge on any atom is 0.0766 e. The van der Waals surface area contributed by atoms with E-state index in [0.29, 0.717) is 12.5 Å². The summed E-state index contributed by atoms with van der Waals surface area (Å²) >= 11 is 0. The highest BCUT2D eigenvalue weighted by Crippen LogP contribution is 2.15. The van der Waals surface area contributed by atoms with Crippen molar-refractivity contribution in [3.05, 3.63) is 47.8 Å². The van der Waals surface area contributed by atoms with Gasteiger partial charge in [0.05, 0.1) is 18.0 Å². The Morgan fingerprint density at radius 2 is 2.05 bits per heavy atom. The highest BCUT2D eigenvalue weighted by molar-refractivity contribution is 5.40. The van der Waals surface area contributed by atoms with E-state index in [2.05, 4.69) is 42.5 Å². The maximum atomic E-state index is 5.23. The zero-order chi connectivity index (χ0) is 14.4. The third-order valence-electron chi connectivity index (χ3n) is 3.04. The molecule has 20 heavy (non-hydrogen) atoms. The van der Waals surface area contributed by atoms with Crippen molar-refractivity contribution in [3.63, 3.8) is 0 Å². The van der Waals surface area contributed by atoms with E-state index in [1.165, 1.54) is 0 Å². The fourth-order valence-corrected chi connectivity index (χ4v) is 2.09. The summed E-state index contributed by atoms with van der Waals surface area (Å²) in [6.45, 7) is 6.81. The molecule has 0 aliphatic rings. The number of nitrogens with zero attached hydrogens (tertiary/aromatic N) is 2. The van der Waals surface area contributed by atoms with Gasteiger partial charge < -0.3 is 10.1 Å². The van der Waals surface area contributed by atoms with Crippen LogP contribution >= 0.6 is 0 Å². The largest absolute Gasteiger partial charge is 0.380 e. The third kappa shape index (κ3) is 3.92. The molecule has 0 saturated heterocycles. The van der Waals surface area contributed by atoms with Crippen LogP contribution in [0.5, 0.6) is 0 Å². The van der Waals surface area contributed by atoms with E-state index in [1.54, 1.807) is 7.11 Å². The number of ether oxygens (including phenoxy) is 1. The lowest BCUT2D eigenvalue weighted by atomic mass is 10.2. The van der Waals surface area contributed by atoms with E-state index >= 15 is 0 Å². The van der Waals surface area contributed by atoms with Gasteiger partial charge in [-0.25, -0.2) is 4.68 Å². The summed E-state index contributed by atoms with van der Waals surface area (Å²) in [5, 5.41) is 8.02. The highest BCUT2D eigenvalue weighted by atomic mass is 16.5. The van der Waals surface area contributed by atoms with Crippen LogP contribution in [0.2, 0.25) is 0 Å². The second-order valence-electron chi connectivity index (χ2n) is 5.34. The molecule has 2 rings (SSSR count). The summed E-state index contributed by atoms with van der Waals surface area (Å²) in [5.41, 5.74) is 3.27. The maximum absolute atomic E-state index is 5.23. The van der Waals surface area contributed by atoms with Crippen LogP contribution in [0.1, 0.15) is 25.1 Å². The van der Waals surface area contributed by atoms with Crippen LogP contribution in [0.4, 0.5) is 0 Å². The van der Waals surface area contributed by atoms with E-state index in [9.17, 15) is 0 Å². The van der Waals surface area contributed by atoms with Crippen molar-refractivity contribution in [1.29, 1.82) is 0 Å². The topological polar surface area (TPSA) is 39.1 Å². The number of methoxy groups -OCH3 is 1. The van der Waals surface area contributed by atoms with Gasteiger partial charge in [-0.05, 0) is 24.6 Å². The molecule has 1 aromatic heterocycles. The summed E-state index contributed by atoms with van der Waals surface area (Å²) in [4.78, 5) is 0. The quantitative estimate of drug-likeness (QED) is 0.843. The number of aromatic nitrogens is 2. The first-order chi connectivity index (χ1) is 9.70. The summed E-state index contributed by atoms with van der Waals surface area (Å²) in [7, 11) is 1.71. The summed E-state index contributed by atoms with van der Waals surface area (Å²) in [6, 6.07) is 10.2. The number of nitrogens with one attached hydrogen (secondary N) is 1. The van der Waals surface area contributed by atoms with Gasteiger partial charge in [0.1, 0.15) is 0 Å². The van der Waals surface area contributed by atoms with Crippen LogP contribution in [-0.4, -0.2) is 23.4 Å². The normalized spacial score (nSPS) is 11.2. The predicted octanol–water partition coefficient (Wildman–Crippen LogP) is 2.76. The molecule has 0 saturated carbocycles. The Hall–Kier alpha value is -1.65. The molecule has 0 unspecified atom stereocenters. The van der Waals surface area contributed by atoms with E-state index in [0.717, 1.165) is 30.0 Å². The molecule has 1 aromatic carbocycles. The average Bonchev–Trinajstić information content (AvgIpc) is 2.88. The van der Waals surface area contributed by atoms with Gasteiger partial charge in [-0.2, -0.15) is 5.10 Å². The Morgan fingerprint density at radius 3 is 2.80 bits per heavy atom. The Kier molecular flexibility index (Phi) is 5.32. The minimum atomic E-state index is 0.594. The van der Waals surface area contributed by atoms with Gasteiger partial charge in [0.25, 0.3) is 0 Å². The second-order valence-corrected chi connectivity index (χ2v) is 5.34. The van der Waals surface area contributed by atoms with Crippen molar-refractivity contribution in [3.8, 4) is 5.69 Å². The molecule has 0 fully saturated rings. The van der Waals surface area contributed by atoms with Gasteiger partial charge in [-0.15, -0.1) is 0 Å². The molecule has 0 aliphatic heterocycles. The molecule has 0 amide bonds. The van der Waals surface area contributed by atoms with Crippen molar-refractivity contribution in [2.24, 2.45) is 5.92 Å². The highest BCUT2D eigenvalue weighted by Gasteiger charge is 2.06. The molecule has 4 nitrogen and oxygen atoms in total. The minimum Gasteiger partial charge on any atom is -0.380 e. The Bertz CT molecular complexity index is 534. The fraction of sp³-hybridized carbons (Fsp3) is 0.438. The molecule has 4 heteroatoms. The van der Waals surface area contributed by atoms with Crippen molar-refractivity contribution in [1.82, 2.24) is 15.1 Å². The summed E-state index contributed by atoms with van der Waals surface area (Å²) < 4.78 is 7.15. The number of hydrogen-bond acceptors (Lipinski definition) is 3. The smallest absolute Gasteiger partial charge is 0.0766 e. The molecule has 0 aliphatic carbocycles. The van der Waals surface area contributed by atoms with Crippen LogP contribution < -0.4 is 5.32 Å². The van der Waals surface area contributed by atoms with Crippen molar-refractivity contribution < 1.29 is 4.74 Å². The second kappa shape index (κ2) is 7.22. The summed E-state index contributed by atoms with van der Waals surface area (Å²) in [6.07, 6.45) is 2.00. The number of hydrogen-bond donors (Lipinski definition) is 1. The van der Waals surface area contributed by atoms with E-state index in [-0.39, 0.29) is 0 Å². The van der Waals surface area contributed by atoms with Crippen LogP contribution in [0.3, 0.4) is 0 Å². The molecule has 0 spiro atoms. The van der Waals surface area contributed by atoms with E-state index in [1.807, 2.05) is 23.0 Å². The summed E-state index contributed by atoms with van der Waals surface area (Å²) in [5.74, 6) is 0.652. The molecule has 1 heterocycles. The van der Waals surface area contributed by atoms with Gasteiger partial charge in [0, 0.05) is 25.4 Å². The van der Waals surface area contributed by atoms with Crippen molar-refractivity contribution in [2.45, 2.75) is 27.0 Å². The lowest BCUT2D eigenvalue weighted by Crippen LogP contribution is -2.19. The van der Waals surface area contributed by atoms with Crippen LogP contribution in [-0.2, 0) is 17.9 Å². The zero-order valence-corrected chi connectivity index (χ0v) is 12.5. The average molecular weight is 273 g/mol. The van der Waals surface area contributed by atoms with E-state index < -0.39 is 0 Å². The van der Waals surface area contributed by atoms with Gasteiger partial charge in [-0.1, -0.05) is 32.0 Å². The predicted molar refractivity (Wildman–Crippen MR) is 80.8 cm³/mol. The van der Waals surface area contributed by atoms with Crippen molar-refractivity contribution in [2.75, 3.05) is 13.7 Å². The first kappa shape index (κ1) is 14.8. The first-order valence-corrected chi connectivity index (χ1v) is 7.03. The lowest BCUT2D eigenvalue weighted by Gasteiger charge is -2.08. The Morgan fingerprint density at radius 1 is 1.25 bits per heavy atom. The number of rotatable bonds is 7. The van der Waals surface area contributed by atoms with Gasteiger partial charge in [-0.3, -0.25) is 0 Å². The van der Waals surface area contributed by atoms with Gasteiger partial charge in [0.15, 0.2) is 0 Å². The van der Waals surface area contributed by atoms with Gasteiger partial charge >= 0.3 is 0 Å². The molecule has 1 N–H and O–H groups in total. The molecule has 0 bridgehead atoms. The minimum absolute atomic E-state index is 0.594. The molecule has 2 aromatic rings. The Balaban J connectivity index is 2.08. The number of para-hydroxylation sites is 1. The molecular weight excluding hydrogens is 250 g/mol. The van der Waals surface area contributed by atoms with Crippen LogP contribution in [0.15, 0.2) is 36.5 Å². The molecule has 108 valence electrons. The molecular formula is C16H23N3O. The van der Waals surface area contributed by atoms with Crippen LogP contribution in [0, 0.1) is 5.92 Å². The zero-order valence-electron chi connectivity index (χ0n) is 12.5. The van der Waals surface area contributed by atoms with Crippen LogP contribution in [0.25, 0.3) is 5.69 Å². The monoisotopic (exact) mass is 273 g/mol. The molecule has 0 atom stereocenters. The van der Waals surface area contributed by atoms with E-state index in [4.69, 9.17) is 4.74 Å². The first-order valence-electron chi connectivity index (χ1n) is 7.03. The molecule has 0 radical (unpaired) electrons. The fourth-order valence-electron chi connectivity index (χ4n) is 2.09. The third-order valence-corrected chi connectivity index (χ3v) is 3.04. The lowest BCUT2D eigenvalue weighted by molar-refractivity contribution is 0.184. The standard InChI is InChI=1S/C16H23N3O/c1-13(2)10-17-11-15-8-9-19(18-15)16-7-5-4-6-14(16)12-20-3/h4-9,13,17H,10-12H2,1-3H3. The Labute approximate surface area is 120 Å². The number of benzene rings is 1. The van der Waals surface area contributed by atoms with Gasteiger partial charge in [0.2, 0.25) is 0 Å². The SMILES string of the molecule is COCc1ccccc1-n1ccc(CNCC(C)C)n1.